The summed E-state index contributed by atoms with van der Waals surface area (Å²) in [6, 6.07) is -0.0608. The Bertz CT molecular complexity index is 248. The lowest BCUT2D eigenvalue weighted by Crippen LogP contribution is -2.50. The van der Waals surface area contributed by atoms with E-state index in [1.807, 2.05) is 6.92 Å². The van der Waals surface area contributed by atoms with E-state index in [9.17, 15) is 4.79 Å². The van der Waals surface area contributed by atoms with Crippen molar-refractivity contribution in [3.8, 4) is 0 Å². The molecule has 1 rings (SSSR count). The van der Waals surface area contributed by atoms with Gasteiger partial charge in [0.15, 0.2) is 0 Å². The Morgan fingerprint density at radius 3 is 3.00 bits per heavy atom. The standard InChI is InChI=1S/C12H23N3O.ClH/c1-3-6-14-12(16)10(2)15-7-4-5-11(8-13)9-15;/h3,10-11H,1,4-9,13H2,2H3,(H,14,16);1H. The lowest BCUT2D eigenvalue weighted by molar-refractivity contribution is -0.126. The molecule has 0 saturated carbocycles. The van der Waals surface area contributed by atoms with Gasteiger partial charge in [-0.1, -0.05) is 6.08 Å². The molecule has 1 fully saturated rings. The first-order chi connectivity index (χ1) is 7.69. The van der Waals surface area contributed by atoms with E-state index in [1.54, 1.807) is 6.08 Å². The Kier molecular flexibility index (Phi) is 8.21. The highest BCUT2D eigenvalue weighted by Crippen LogP contribution is 2.17. The maximum absolute atomic E-state index is 11.8. The number of nitrogens with two attached hydrogens (primary N) is 1. The third kappa shape index (κ3) is 5.06. The van der Waals surface area contributed by atoms with Crippen LogP contribution in [-0.4, -0.2) is 43.0 Å². The van der Waals surface area contributed by atoms with Crippen LogP contribution >= 0.6 is 12.4 Å². The zero-order valence-electron chi connectivity index (χ0n) is 10.5. The number of likely N-dealkylation sites (tertiary alicyclic amines) is 1. The molecule has 100 valence electrons. The van der Waals surface area contributed by atoms with Crippen LogP contribution in [0.3, 0.4) is 0 Å². The maximum Gasteiger partial charge on any atom is 0.237 e. The summed E-state index contributed by atoms with van der Waals surface area (Å²) >= 11 is 0. The highest BCUT2D eigenvalue weighted by atomic mass is 35.5. The largest absolute Gasteiger partial charge is 0.351 e. The molecule has 0 radical (unpaired) electrons. The van der Waals surface area contributed by atoms with Gasteiger partial charge in [0.2, 0.25) is 5.91 Å². The topological polar surface area (TPSA) is 58.4 Å². The molecule has 2 atom stereocenters. The summed E-state index contributed by atoms with van der Waals surface area (Å²) in [6.07, 6.45) is 4.03. The number of carbonyl (C=O) groups is 1. The molecule has 4 nitrogen and oxygen atoms in total. The molecule has 1 saturated heterocycles. The first-order valence-corrected chi connectivity index (χ1v) is 6.01. The van der Waals surface area contributed by atoms with Crippen LogP contribution in [-0.2, 0) is 4.79 Å². The van der Waals surface area contributed by atoms with E-state index in [1.165, 1.54) is 6.42 Å². The van der Waals surface area contributed by atoms with Gasteiger partial charge in [0.25, 0.3) is 0 Å². The van der Waals surface area contributed by atoms with E-state index in [-0.39, 0.29) is 24.4 Å². The zero-order chi connectivity index (χ0) is 12.0. The summed E-state index contributed by atoms with van der Waals surface area (Å²) in [5.41, 5.74) is 5.68. The van der Waals surface area contributed by atoms with Crippen LogP contribution in [0.1, 0.15) is 19.8 Å². The molecule has 1 aliphatic rings. The normalized spacial score (nSPS) is 22.4. The predicted octanol–water partition coefficient (Wildman–Crippen LogP) is 0.770. The number of amides is 1. The van der Waals surface area contributed by atoms with Gasteiger partial charge in [0.05, 0.1) is 6.04 Å². The second-order valence-electron chi connectivity index (χ2n) is 4.45. The molecule has 0 aromatic heterocycles. The Morgan fingerprint density at radius 1 is 1.71 bits per heavy atom. The molecule has 1 aliphatic heterocycles. The van der Waals surface area contributed by atoms with Gasteiger partial charge in [-0.15, -0.1) is 19.0 Å². The van der Waals surface area contributed by atoms with Gasteiger partial charge in [-0.3, -0.25) is 9.69 Å². The molecule has 3 N–H and O–H groups in total. The number of piperidine rings is 1. The third-order valence-corrected chi connectivity index (χ3v) is 3.23. The first kappa shape index (κ1) is 16.4. The Balaban J connectivity index is 0.00000256. The molecule has 17 heavy (non-hydrogen) atoms. The summed E-state index contributed by atoms with van der Waals surface area (Å²) < 4.78 is 0. The van der Waals surface area contributed by atoms with Crippen LogP contribution in [0.5, 0.6) is 0 Å². The van der Waals surface area contributed by atoms with Gasteiger partial charge in [-0.25, -0.2) is 0 Å². The molecule has 0 aromatic carbocycles. The van der Waals surface area contributed by atoms with E-state index >= 15 is 0 Å². The molecule has 0 aliphatic carbocycles. The van der Waals surface area contributed by atoms with Crippen LogP contribution in [0.2, 0.25) is 0 Å². The maximum atomic E-state index is 11.8. The number of hydrogen-bond acceptors (Lipinski definition) is 3. The summed E-state index contributed by atoms with van der Waals surface area (Å²) in [5.74, 6) is 0.626. The number of nitrogens with zero attached hydrogens (tertiary/aromatic N) is 1. The van der Waals surface area contributed by atoms with Crippen molar-refractivity contribution in [2.45, 2.75) is 25.8 Å². The molecule has 0 spiro atoms. The fraction of sp³-hybridized carbons (Fsp3) is 0.750. The van der Waals surface area contributed by atoms with Crippen LogP contribution in [0.25, 0.3) is 0 Å². The van der Waals surface area contributed by atoms with Crippen LogP contribution in [0, 0.1) is 5.92 Å². The quantitative estimate of drug-likeness (QED) is 0.719. The Labute approximate surface area is 110 Å². The highest BCUT2D eigenvalue weighted by molar-refractivity contribution is 5.85. The fourth-order valence-electron chi connectivity index (χ4n) is 2.13. The van der Waals surface area contributed by atoms with Crippen LogP contribution in [0.4, 0.5) is 0 Å². The van der Waals surface area contributed by atoms with Crippen molar-refractivity contribution < 1.29 is 4.79 Å². The minimum atomic E-state index is -0.0608. The number of nitrogens with one attached hydrogen (secondary N) is 1. The monoisotopic (exact) mass is 261 g/mol. The van der Waals surface area contributed by atoms with Crippen molar-refractivity contribution in [3.63, 3.8) is 0 Å². The second-order valence-corrected chi connectivity index (χ2v) is 4.45. The van der Waals surface area contributed by atoms with Crippen LogP contribution < -0.4 is 11.1 Å². The smallest absolute Gasteiger partial charge is 0.237 e. The van der Waals surface area contributed by atoms with E-state index in [2.05, 4.69) is 16.8 Å². The van der Waals surface area contributed by atoms with E-state index in [0.717, 1.165) is 26.1 Å². The van der Waals surface area contributed by atoms with Crippen molar-refractivity contribution in [2.75, 3.05) is 26.2 Å². The van der Waals surface area contributed by atoms with E-state index in [4.69, 9.17) is 5.73 Å². The van der Waals surface area contributed by atoms with Gasteiger partial charge in [0, 0.05) is 13.1 Å². The van der Waals surface area contributed by atoms with Crippen molar-refractivity contribution >= 4 is 18.3 Å². The van der Waals surface area contributed by atoms with Crippen molar-refractivity contribution in [1.82, 2.24) is 10.2 Å². The Morgan fingerprint density at radius 2 is 2.41 bits per heavy atom. The van der Waals surface area contributed by atoms with Crippen LogP contribution in [0.15, 0.2) is 12.7 Å². The predicted molar refractivity (Wildman–Crippen MR) is 73.3 cm³/mol. The lowest BCUT2D eigenvalue weighted by atomic mass is 9.97. The molecular formula is C12H24ClN3O. The van der Waals surface area contributed by atoms with Crippen molar-refractivity contribution in [2.24, 2.45) is 11.7 Å². The average molecular weight is 262 g/mol. The second kappa shape index (κ2) is 8.50. The third-order valence-electron chi connectivity index (χ3n) is 3.23. The molecule has 0 bridgehead atoms. The van der Waals surface area contributed by atoms with Gasteiger partial charge in [-0.05, 0) is 38.8 Å². The van der Waals surface area contributed by atoms with Gasteiger partial charge < -0.3 is 11.1 Å². The number of hydrogen-bond donors (Lipinski definition) is 2. The molecular weight excluding hydrogens is 238 g/mol. The average Bonchev–Trinajstić information content (AvgIpc) is 2.35. The van der Waals surface area contributed by atoms with E-state index in [0.29, 0.717) is 12.5 Å². The lowest BCUT2D eigenvalue weighted by Gasteiger charge is -2.35. The number of rotatable bonds is 5. The Hall–Kier alpha value is -0.580. The first-order valence-electron chi connectivity index (χ1n) is 6.01. The van der Waals surface area contributed by atoms with Gasteiger partial charge in [0.1, 0.15) is 0 Å². The SMILES string of the molecule is C=CCNC(=O)C(C)N1CCCC(CN)C1.Cl. The number of halogens is 1. The summed E-state index contributed by atoms with van der Waals surface area (Å²) in [5, 5.41) is 2.83. The minimum Gasteiger partial charge on any atom is -0.351 e. The van der Waals surface area contributed by atoms with E-state index < -0.39 is 0 Å². The molecule has 1 heterocycles. The zero-order valence-corrected chi connectivity index (χ0v) is 11.3. The van der Waals surface area contributed by atoms with Gasteiger partial charge >= 0.3 is 0 Å². The molecule has 0 aromatic rings. The number of carbonyl (C=O) groups excluding carboxylic acids is 1. The van der Waals surface area contributed by atoms with Gasteiger partial charge in [-0.2, -0.15) is 0 Å². The highest BCUT2D eigenvalue weighted by Gasteiger charge is 2.26. The molecule has 2 unspecified atom stereocenters. The summed E-state index contributed by atoms with van der Waals surface area (Å²) in [4.78, 5) is 14.0. The molecule has 1 amide bonds. The van der Waals surface area contributed by atoms with Crippen molar-refractivity contribution in [1.29, 1.82) is 0 Å². The fourth-order valence-corrected chi connectivity index (χ4v) is 2.13. The minimum absolute atomic E-state index is 0. The summed E-state index contributed by atoms with van der Waals surface area (Å²) in [6.45, 7) is 8.74. The molecule has 5 heteroatoms. The van der Waals surface area contributed by atoms with Crippen molar-refractivity contribution in [3.05, 3.63) is 12.7 Å². The summed E-state index contributed by atoms with van der Waals surface area (Å²) in [7, 11) is 0.